The van der Waals surface area contributed by atoms with Crippen LogP contribution in [0.2, 0.25) is 0 Å². The summed E-state index contributed by atoms with van der Waals surface area (Å²) in [6.45, 7) is 2.85. The minimum absolute atomic E-state index is 0.0381. The molecular formula is C13H22N4O3S. The number of rotatable bonds is 4. The highest BCUT2D eigenvalue weighted by Gasteiger charge is 2.26. The van der Waals surface area contributed by atoms with Crippen molar-refractivity contribution in [2.24, 2.45) is 13.0 Å². The molecule has 0 spiro atoms. The third-order valence-electron chi connectivity index (χ3n) is 3.80. The number of hydrogen-bond donors (Lipinski definition) is 1. The summed E-state index contributed by atoms with van der Waals surface area (Å²) >= 11 is 0. The standard InChI is InChI=1S/C13H22N4O3S/c1-10-12(9-16(2)15-10)14-13(18)8-11-4-6-17(7-5-11)21(3,19)20/h9,11H,4-8H2,1-3H3,(H,14,18). The second-order valence-corrected chi connectivity index (χ2v) is 7.64. The number of hydrogen-bond acceptors (Lipinski definition) is 4. The Kier molecular flexibility index (Phi) is 4.67. The highest BCUT2D eigenvalue weighted by atomic mass is 32.2. The topological polar surface area (TPSA) is 84.3 Å². The maximum Gasteiger partial charge on any atom is 0.224 e. The molecule has 21 heavy (non-hydrogen) atoms. The predicted octanol–water partition coefficient (Wildman–Crippen LogP) is 0.729. The Morgan fingerprint density at radius 3 is 2.52 bits per heavy atom. The fourth-order valence-electron chi connectivity index (χ4n) is 2.63. The number of amides is 1. The van der Waals surface area contributed by atoms with Gasteiger partial charge in [-0.15, -0.1) is 0 Å². The molecule has 1 fully saturated rings. The molecule has 1 aromatic rings. The van der Waals surface area contributed by atoms with E-state index in [4.69, 9.17) is 0 Å². The molecule has 2 heterocycles. The van der Waals surface area contributed by atoms with Crippen molar-refractivity contribution in [3.63, 3.8) is 0 Å². The molecule has 0 bridgehead atoms. The second kappa shape index (κ2) is 6.15. The maximum atomic E-state index is 12.0. The van der Waals surface area contributed by atoms with E-state index < -0.39 is 10.0 Å². The number of nitrogens with one attached hydrogen (secondary N) is 1. The summed E-state index contributed by atoms with van der Waals surface area (Å²) in [6.07, 6.45) is 4.88. The molecule has 2 rings (SSSR count). The highest BCUT2D eigenvalue weighted by molar-refractivity contribution is 7.88. The van der Waals surface area contributed by atoms with Crippen LogP contribution in [0.3, 0.4) is 0 Å². The predicted molar refractivity (Wildman–Crippen MR) is 80.3 cm³/mol. The van der Waals surface area contributed by atoms with Gasteiger partial charge in [0.1, 0.15) is 0 Å². The lowest BCUT2D eigenvalue weighted by atomic mass is 9.94. The minimum Gasteiger partial charge on any atom is -0.323 e. The van der Waals surface area contributed by atoms with E-state index in [0.717, 1.165) is 24.2 Å². The normalized spacial score (nSPS) is 17.9. The zero-order chi connectivity index (χ0) is 15.6. The molecule has 1 aliphatic heterocycles. The lowest BCUT2D eigenvalue weighted by Gasteiger charge is -2.29. The van der Waals surface area contributed by atoms with Crippen LogP contribution in [0.4, 0.5) is 5.69 Å². The van der Waals surface area contributed by atoms with Gasteiger partial charge < -0.3 is 5.32 Å². The summed E-state index contributed by atoms with van der Waals surface area (Å²) in [6, 6.07) is 0. The first kappa shape index (κ1) is 16.0. The van der Waals surface area contributed by atoms with Crippen molar-refractivity contribution in [3.8, 4) is 0 Å². The zero-order valence-corrected chi connectivity index (χ0v) is 13.5. The van der Waals surface area contributed by atoms with E-state index in [0.29, 0.717) is 19.5 Å². The fraction of sp³-hybridized carbons (Fsp3) is 0.692. The van der Waals surface area contributed by atoms with E-state index in [1.807, 2.05) is 14.0 Å². The Hall–Kier alpha value is -1.41. The van der Waals surface area contributed by atoms with Gasteiger partial charge in [0, 0.05) is 32.8 Å². The van der Waals surface area contributed by atoms with Crippen molar-refractivity contribution in [1.82, 2.24) is 14.1 Å². The van der Waals surface area contributed by atoms with Crippen molar-refractivity contribution in [1.29, 1.82) is 0 Å². The quantitative estimate of drug-likeness (QED) is 0.888. The molecular weight excluding hydrogens is 292 g/mol. The minimum atomic E-state index is -3.11. The molecule has 0 unspecified atom stereocenters. The number of aromatic nitrogens is 2. The van der Waals surface area contributed by atoms with Crippen molar-refractivity contribution in [3.05, 3.63) is 11.9 Å². The molecule has 1 amide bonds. The Morgan fingerprint density at radius 2 is 2.05 bits per heavy atom. The Labute approximate surface area is 125 Å². The number of aryl methyl sites for hydroxylation is 2. The van der Waals surface area contributed by atoms with Crippen LogP contribution in [0.15, 0.2) is 6.20 Å². The molecule has 118 valence electrons. The van der Waals surface area contributed by atoms with E-state index in [1.54, 1.807) is 10.9 Å². The van der Waals surface area contributed by atoms with Gasteiger partial charge in [-0.3, -0.25) is 9.48 Å². The summed E-state index contributed by atoms with van der Waals surface area (Å²) in [5.74, 6) is 0.198. The number of carbonyl (C=O) groups excluding carboxylic acids is 1. The molecule has 1 N–H and O–H groups in total. The van der Waals surface area contributed by atoms with Crippen LogP contribution >= 0.6 is 0 Å². The number of piperidine rings is 1. The van der Waals surface area contributed by atoms with Gasteiger partial charge >= 0.3 is 0 Å². The van der Waals surface area contributed by atoms with E-state index in [-0.39, 0.29) is 11.8 Å². The maximum absolute atomic E-state index is 12.0. The van der Waals surface area contributed by atoms with Crippen molar-refractivity contribution in [2.45, 2.75) is 26.2 Å². The summed E-state index contributed by atoms with van der Waals surface area (Å²) in [4.78, 5) is 12.0. The number of carbonyl (C=O) groups is 1. The smallest absolute Gasteiger partial charge is 0.224 e. The molecule has 0 aliphatic carbocycles. The van der Waals surface area contributed by atoms with E-state index >= 15 is 0 Å². The van der Waals surface area contributed by atoms with Crippen molar-refractivity contribution < 1.29 is 13.2 Å². The molecule has 0 atom stereocenters. The monoisotopic (exact) mass is 314 g/mol. The molecule has 7 nitrogen and oxygen atoms in total. The Morgan fingerprint density at radius 1 is 1.43 bits per heavy atom. The third kappa shape index (κ3) is 4.28. The van der Waals surface area contributed by atoms with Crippen molar-refractivity contribution in [2.75, 3.05) is 24.7 Å². The first-order valence-electron chi connectivity index (χ1n) is 7.01. The van der Waals surface area contributed by atoms with Gasteiger partial charge in [0.25, 0.3) is 0 Å². The lowest BCUT2D eigenvalue weighted by Crippen LogP contribution is -2.38. The van der Waals surface area contributed by atoms with Crippen LogP contribution < -0.4 is 5.32 Å². The summed E-state index contributed by atoms with van der Waals surface area (Å²) in [5.41, 5.74) is 1.52. The molecule has 0 radical (unpaired) electrons. The van der Waals surface area contributed by atoms with Gasteiger partial charge in [-0.05, 0) is 25.7 Å². The van der Waals surface area contributed by atoms with Gasteiger partial charge in [-0.2, -0.15) is 5.10 Å². The first-order chi connectivity index (χ1) is 9.75. The van der Waals surface area contributed by atoms with Gasteiger partial charge in [0.15, 0.2) is 0 Å². The van der Waals surface area contributed by atoms with Crippen LogP contribution in [0, 0.1) is 12.8 Å². The van der Waals surface area contributed by atoms with Crippen LogP contribution in [0.1, 0.15) is 25.0 Å². The Bertz CT molecular complexity index is 615. The van der Waals surface area contributed by atoms with Gasteiger partial charge in [-0.25, -0.2) is 12.7 Å². The van der Waals surface area contributed by atoms with Crippen LogP contribution in [0.25, 0.3) is 0 Å². The van der Waals surface area contributed by atoms with Gasteiger partial charge in [0.2, 0.25) is 15.9 Å². The number of sulfonamides is 1. The van der Waals surface area contributed by atoms with E-state index in [2.05, 4.69) is 10.4 Å². The molecule has 0 saturated carbocycles. The SMILES string of the molecule is Cc1nn(C)cc1NC(=O)CC1CCN(S(C)(=O)=O)CC1. The van der Waals surface area contributed by atoms with Crippen LogP contribution in [0.5, 0.6) is 0 Å². The zero-order valence-electron chi connectivity index (χ0n) is 12.7. The van der Waals surface area contributed by atoms with Gasteiger partial charge in [0.05, 0.1) is 17.6 Å². The lowest BCUT2D eigenvalue weighted by molar-refractivity contribution is -0.117. The molecule has 8 heteroatoms. The molecule has 0 aromatic carbocycles. The summed E-state index contributed by atoms with van der Waals surface area (Å²) < 4.78 is 26.0. The summed E-state index contributed by atoms with van der Waals surface area (Å²) in [7, 11) is -1.30. The second-order valence-electron chi connectivity index (χ2n) is 5.66. The van der Waals surface area contributed by atoms with E-state index in [1.165, 1.54) is 10.6 Å². The third-order valence-corrected chi connectivity index (χ3v) is 5.11. The average Bonchev–Trinajstić information content (AvgIpc) is 2.67. The van der Waals surface area contributed by atoms with Crippen molar-refractivity contribution >= 4 is 21.6 Å². The number of anilines is 1. The first-order valence-corrected chi connectivity index (χ1v) is 8.86. The largest absolute Gasteiger partial charge is 0.323 e. The fourth-order valence-corrected chi connectivity index (χ4v) is 3.50. The summed E-state index contributed by atoms with van der Waals surface area (Å²) in [5, 5.41) is 7.04. The average molecular weight is 314 g/mol. The van der Waals surface area contributed by atoms with Crippen LogP contribution in [-0.2, 0) is 21.9 Å². The Balaban J connectivity index is 1.83. The van der Waals surface area contributed by atoms with Gasteiger partial charge in [-0.1, -0.05) is 0 Å². The highest BCUT2D eigenvalue weighted by Crippen LogP contribution is 2.23. The molecule has 1 aliphatic rings. The molecule has 1 saturated heterocycles. The van der Waals surface area contributed by atoms with E-state index in [9.17, 15) is 13.2 Å². The molecule has 1 aromatic heterocycles. The van der Waals surface area contributed by atoms with Crippen LogP contribution in [-0.4, -0.2) is 47.8 Å². The number of nitrogens with zero attached hydrogens (tertiary/aromatic N) is 3.